The molecule has 0 amide bonds. The Hall–Kier alpha value is -1.16. The number of carbonyl (C=O) groups excluding carboxylic acids is 1. The molecule has 1 aromatic rings. The lowest BCUT2D eigenvalue weighted by Gasteiger charge is -2.12. The van der Waals surface area contributed by atoms with E-state index >= 15 is 0 Å². The number of benzene rings is 1. The molecule has 0 fully saturated rings. The van der Waals surface area contributed by atoms with Crippen LogP contribution in [0.2, 0.25) is 0 Å². The smallest absolute Gasteiger partial charge is 0.306 e. The quantitative estimate of drug-likeness (QED) is 0.585. The maximum Gasteiger partial charge on any atom is 0.306 e. The molecular weight excluding hydrogens is 224 g/mol. The first-order valence-corrected chi connectivity index (χ1v) is 5.91. The zero-order chi connectivity index (χ0) is 12.0. The van der Waals surface area contributed by atoms with Crippen LogP contribution in [0.3, 0.4) is 0 Å². The van der Waals surface area contributed by atoms with Gasteiger partial charge in [-0.25, -0.2) is 0 Å². The molecule has 3 nitrogen and oxygen atoms in total. The molecule has 0 aliphatic carbocycles. The van der Waals surface area contributed by atoms with Gasteiger partial charge in [-0.3, -0.25) is 4.79 Å². The van der Waals surface area contributed by atoms with Gasteiger partial charge < -0.3 is 9.47 Å². The van der Waals surface area contributed by atoms with Crippen molar-refractivity contribution in [3.05, 3.63) is 24.3 Å². The predicted octanol–water partition coefficient (Wildman–Crippen LogP) is 2.74. The molecule has 0 N–H and O–H groups in total. The lowest BCUT2D eigenvalue weighted by atomic mass is 10.3. The number of esters is 1. The number of para-hydroxylation sites is 1. The van der Waals surface area contributed by atoms with Crippen LogP contribution in [-0.4, -0.2) is 25.4 Å². The van der Waals surface area contributed by atoms with E-state index in [4.69, 9.17) is 4.74 Å². The summed E-state index contributed by atoms with van der Waals surface area (Å²) in [6.45, 7) is 1.99. The molecule has 0 saturated heterocycles. The third kappa shape index (κ3) is 3.77. The summed E-state index contributed by atoms with van der Waals surface area (Å²) in [6.07, 6.45) is 0.402. The summed E-state index contributed by atoms with van der Waals surface area (Å²) >= 11 is 1.61. The first-order valence-electron chi connectivity index (χ1n) is 5.04. The fraction of sp³-hybridized carbons (Fsp3) is 0.417. The maximum absolute atomic E-state index is 11.1. The van der Waals surface area contributed by atoms with E-state index in [1.807, 2.05) is 31.2 Å². The maximum atomic E-state index is 11.1. The SMILES string of the molecule is COC(=O)CC(C)Sc1ccccc1OC. The Kier molecular flexibility index (Phi) is 5.19. The van der Waals surface area contributed by atoms with Gasteiger partial charge in [0.1, 0.15) is 5.75 Å². The number of ether oxygens (including phenoxy) is 2. The number of hydrogen-bond donors (Lipinski definition) is 0. The van der Waals surface area contributed by atoms with Crippen LogP contribution in [0, 0.1) is 0 Å². The van der Waals surface area contributed by atoms with Crippen LogP contribution in [-0.2, 0) is 9.53 Å². The average Bonchev–Trinajstić information content (AvgIpc) is 2.29. The molecule has 4 heteroatoms. The van der Waals surface area contributed by atoms with Gasteiger partial charge in [0.05, 0.1) is 20.6 Å². The van der Waals surface area contributed by atoms with Crippen molar-refractivity contribution in [2.75, 3.05) is 14.2 Å². The van der Waals surface area contributed by atoms with Gasteiger partial charge in [0, 0.05) is 10.1 Å². The highest BCUT2D eigenvalue weighted by molar-refractivity contribution is 8.00. The highest BCUT2D eigenvalue weighted by atomic mass is 32.2. The van der Waals surface area contributed by atoms with E-state index in [0.717, 1.165) is 10.6 Å². The molecule has 0 aromatic heterocycles. The predicted molar refractivity (Wildman–Crippen MR) is 64.9 cm³/mol. The first kappa shape index (κ1) is 12.9. The number of rotatable bonds is 5. The van der Waals surface area contributed by atoms with Crippen molar-refractivity contribution in [2.45, 2.75) is 23.5 Å². The fourth-order valence-electron chi connectivity index (χ4n) is 1.29. The van der Waals surface area contributed by atoms with E-state index in [0.29, 0.717) is 6.42 Å². The molecule has 0 bridgehead atoms. The van der Waals surface area contributed by atoms with Gasteiger partial charge in [-0.05, 0) is 12.1 Å². The lowest BCUT2D eigenvalue weighted by Crippen LogP contribution is -2.08. The minimum absolute atomic E-state index is 0.170. The number of hydrogen-bond acceptors (Lipinski definition) is 4. The molecule has 1 rings (SSSR count). The average molecular weight is 240 g/mol. The second kappa shape index (κ2) is 6.43. The Bertz CT molecular complexity index is 352. The summed E-state index contributed by atoms with van der Waals surface area (Å²) in [5, 5.41) is 0.170. The minimum atomic E-state index is -0.185. The molecule has 1 aromatic carbocycles. The molecule has 1 atom stereocenters. The number of carbonyl (C=O) groups is 1. The minimum Gasteiger partial charge on any atom is -0.496 e. The standard InChI is InChI=1S/C12H16O3S/c1-9(8-12(13)15-3)16-11-7-5-4-6-10(11)14-2/h4-7,9H,8H2,1-3H3. The molecule has 88 valence electrons. The summed E-state index contributed by atoms with van der Waals surface area (Å²) in [5.74, 6) is 0.652. The molecule has 0 saturated carbocycles. The Labute approximate surface area is 100 Å². The van der Waals surface area contributed by atoms with Crippen molar-refractivity contribution in [1.29, 1.82) is 0 Å². The Morgan fingerprint density at radius 1 is 1.38 bits per heavy atom. The zero-order valence-corrected chi connectivity index (χ0v) is 10.5. The van der Waals surface area contributed by atoms with Gasteiger partial charge in [-0.15, -0.1) is 11.8 Å². The fourth-order valence-corrected chi connectivity index (χ4v) is 2.37. The van der Waals surface area contributed by atoms with Crippen LogP contribution in [0.5, 0.6) is 5.75 Å². The van der Waals surface area contributed by atoms with Gasteiger partial charge in [0.15, 0.2) is 0 Å². The molecule has 1 unspecified atom stereocenters. The summed E-state index contributed by atoms with van der Waals surface area (Å²) < 4.78 is 9.87. The summed E-state index contributed by atoms with van der Waals surface area (Å²) in [6, 6.07) is 7.77. The third-order valence-electron chi connectivity index (χ3n) is 2.08. The van der Waals surface area contributed by atoms with Gasteiger partial charge in [0.25, 0.3) is 0 Å². The van der Waals surface area contributed by atoms with Crippen molar-refractivity contribution in [3.8, 4) is 5.75 Å². The van der Waals surface area contributed by atoms with Crippen molar-refractivity contribution < 1.29 is 14.3 Å². The van der Waals surface area contributed by atoms with Gasteiger partial charge in [0.2, 0.25) is 0 Å². The van der Waals surface area contributed by atoms with Crippen LogP contribution < -0.4 is 4.74 Å². The molecule has 16 heavy (non-hydrogen) atoms. The number of thioether (sulfide) groups is 1. The van der Waals surface area contributed by atoms with E-state index in [1.165, 1.54) is 7.11 Å². The van der Waals surface area contributed by atoms with E-state index in [9.17, 15) is 4.79 Å². The summed E-state index contributed by atoms with van der Waals surface area (Å²) in [7, 11) is 3.05. The zero-order valence-electron chi connectivity index (χ0n) is 9.73. The van der Waals surface area contributed by atoms with Crippen molar-refractivity contribution >= 4 is 17.7 Å². The molecule has 0 spiro atoms. The monoisotopic (exact) mass is 240 g/mol. The molecular formula is C12H16O3S. The molecule has 0 heterocycles. The molecule has 0 aliphatic rings. The van der Waals surface area contributed by atoms with Crippen molar-refractivity contribution in [3.63, 3.8) is 0 Å². The van der Waals surface area contributed by atoms with E-state index < -0.39 is 0 Å². The van der Waals surface area contributed by atoms with Crippen molar-refractivity contribution in [2.24, 2.45) is 0 Å². The third-order valence-corrected chi connectivity index (χ3v) is 3.24. The van der Waals surface area contributed by atoms with Crippen LogP contribution in [0.15, 0.2) is 29.2 Å². The van der Waals surface area contributed by atoms with Crippen LogP contribution in [0.4, 0.5) is 0 Å². The number of methoxy groups -OCH3 is 2. The van der Waals surface area contributed by atoms with Gasteiger partial charge >= 0.3 is 5.97 Å². The largest absolute Gasteiger partial charge is 0.496 e. The van der Waals surface area contributed by atoms with E-state index in [-0.39, 0.29) is 11.2 Å². The second-order valence-electron chi connectivity index (χ2n) is 3.36. The Balaban J connectivity index is 2.61. The summed E-state index contributed by atoms with van der Waals surface area (Å²) in [4.78, 5) is 12.1. The van der Waals surface area contributed by atoms with Gasteiger partial charge in [-0.1, -0.05) is 19.1 Å². The topological polar surface area (TPSA) is 35.5 Å². The lowest BCUT2D eigenvalue weighted by molar-refractivity contribution is -0.140. The van der Waals surface area contributed by atoms with Gasteiger partial charge in [-0.2, -0.15) is 0 Å². The Morgan fingerprint density at radius 2 is 2.06 bits per heavy atom. The first-order chi connectivity index (χ1) is 7.67. The van der Waals surface area contributed by atoms with Crippen LogP contribution in [0.25, 0.3) is 0 Å². The normalized spacial score (nSPS) is 11.9. The van der Waals surface area contributed by atoms with Crippen molar-refractivity contribution in [1.82, 2.24) is 0 Å². The Morgan fingerprint density at radius 3 is 2.69 bits per heavy atom. The molecule has 0 radical (unpaired) electrons. The highest BCUT2D eigenvalue weighted by Gasteiger charge is 2.12. The van der Waals surface area contributed by atoms with E-state index in [2.05, 4.69) is 4.74 Å². The van der Waals surface area contributed by atoms with E-state index in [1.54, 1.807) is 18.9 Å². The summed E-state index contributed by atoms with van der Waals surface area (Å²) in [5.41, 5.74) is 0. The highest BCUT2D eigenvalue weighted by Crippen LogP contribution is 2.32. The van der Waals surface area contributed by atoms with Crippen LogP contribution >= 0.6 is 11.8 Å². The second-order valence-corrected chi connectivity index (χ2v) is 4.84. The van der Waals surface area contributed by atoms with Crippen LogP contribution in [0.1, 0.15) is 13.3 Å². The molecule has 0 aliphatic heterocycles.